The highest BCUT2D eigenvalue weighted by molar-refractivity contribution is 5.72. The predicted molar refractivity (Wildman–Crippen MR) is 209 cm³/mol. The Balaban J connectivity index is 1.68. The third kappa shape index (κ3) is 6.08. The standard InChI is InChI=1S/C44H58N4/c1-27-19-31(5)39(32(6)20-27)45-15-13-16-46(40-33(7)21-28(2)22-34(40)8)43(45)44-47(41-35(9)23-29(3)24-36(41)10)17-14-18-48(44)42-37(11)25-30(4)26-38(42)12/h19-26,43-44H,13-18H2,1-12H3. The van der Waals surface area contributed by atoms with Crippen LogP contribution in [0, 0.1) is 83.1 Å². The highest BCUT2D eigenvalue weighted by atomic mass is 15.5. The lowest BCUT2D eigenvalue weighted by Gasteiger charge is -2.58. The number of anilines is 4. The SMILES string of the molecule is Cc1cc(C)c(N2CCCN(c3c(C)cc(C)cc3C)C2C2N(c3c(C)cc(C)cc3C)CCCN2c2c(C)cc(C)cc2C)c(C)c1. The zero-order valence-corrected chi connectivity index (χ0v) is 31.8. The lowest BCUT2D eigenvalue weighted by molar-refractivity contribution is 0.361. The fraction of sp³-hybridized carbons (Fsp3) is 0.455. The number of aryl methyl sites for hydroxylation is 12. The summed E-state index contributed by atoms with van der Waals surface area (Å²) in [7, 11) is 0. The van der Waals surface area contributed by atoms with Gasteiger partial charge >= 0.3 is 0 Å². The molecule has 254 valence electrons. The van der Waals surface area contributed by atoms with E-state index >= 15 is 0 Å². The second kappa shape index (κ2) is 13.2. The summed E-state index contributed by atoms with van der Waals surface area (Å²) in [5.41, 5.74) is 21.9. The number of nitrogens with zero attached hydrogens (tertiary/aromatic N) is 4. The van der Waals surface area contributed by atoms with Crippen LogP contribution in [0.1, 0.15) is 79.6 Å². The molecule has 0 bridgehead atoms. The second-order valence-electron chi connectivity index (χ2n) is 15.3. The molecule has 0 amide bonds. The normalized spacial score (nSPS) is 16.3. The fourth-order valence-corrected chi connectivity index (χ4v) is 9.81. The van der Waals surface area contributed by atoms with Crippen LogP contribution < -0.4 is 19.6 Å². The number of hydrogen-bond donors (Lipinski definition) is 0. The van der Waals surface area contributed by atoms with Crippen molar-refractivity contribution in [3.63, 3.8) is 0 Å². The lowest BCUT2D eigenvalue weighted by atomic mass is 9.95. The maximum atomic E-state index is 2.81. The van der Waals surface area contributed by atoms with E-state index < -0.39 is 0 Å². The van der Waals surface area contributed by atoms with E-state index in [0.29, 0.717) is 0 Å². The maximum Gasteiger partial charge on any atom is 0.142 e. The Labute approximate surface area is 291 Å². The summed E-state index contributed by atoms with van der Waals surface area (Å²) in [5.74, 6) is 0. The van der Waals surface area contributed by atoms with E-state index in [4.69, 9.17) is 0 Å². The summed E-state index contributed by atoms with van der Waals surface area (Å²) >= 11 is 0. The Morgan fingerprint density at radius 2 is 0.479 bits per heavy atom. The first-order valence-corrected chi connectivity index (χ1v) is 18.1. The van der Waals surface area contributed by atoms with Crippen molar-refractivity contribution >= 4 is 22.7 Å². The van der Waals surface area contributed by atoms with Crippen LogP contribution in [0.4, 0.5) is 22.7 Å². The van der Waals surface area contributed by atoms with E-state index in [1.807, 2.05) is 0 Å². The molecular weight excluding hydrogens is 585 g/mol. The lowest BCUT2D eigenvalue weighted by Crippen LogP contribution is -2.71. The molecular formula is C44H58N4. The van der Waals surface area contributed by atoms with Gasteiger partial charge in [-0.15, -0.1) is 0 Å². The average Bonchev–Trinajstić information content (AvgIpc) is 2.96. The van der Waals surface area contributed by atoms with Crippen LogP contribution in [0.2, 0.25) is 0 Å². The molecule has 2 saturated heterocycles. The van der Waals surface area contributed by atoms with Crippen molar-refractivity contribution in [2.75, 3.05) is 45.8 Å². The summed E-state index contributed by atoms with van der Waals surface area (Å²) in [6.07, 6.45) is 2.40. The van der Waals surface area contributed by atoms with E-state index in [2.05, 4.69) is 151 Å². The van der Waals surface area contributed by atoms with Gasteiger partial charge in [0.15, 0.2) is 0 Å². The van der Waals surface area contributed by atoms with Gasteiger partial charge in [-0.05, 0) is 140 Å². The highest BCUT2D eigenvalue weighted by Crippen LogP contribution is 2.43. The molecule has 2 aliphatic rings. The molecule has 0 atom stereocenters. The van der Waals surface area contributed by atoms with Gasteiger partial charge in [0.25, 0.3) is 0 Å². The van der Waals surface area contributed by atoms with Crippen molar-refractivity contribution in [1.82, 2.24) is 0 Å². The van der Waals surface area contributed by atoms with Crippen LogP contribution in [0.15, 0.2) is 48.5 Å². The summed E-state index contributed by atoms with van der Waals surface area (Å²) < 4.78 is 0. The molecule has 4 aromatic carbocycles. The minimum Gasteiger partial charge on any atom is -0.347 e. The van der Waals surface area contributed by atoms with Crippen LogP contribution in [-0.2, 0) is 0 Å². The van der Waals surface area contributed by atoms with Crippen LogP contribution in [-0.4, -0.2) is 38.5 Å². The molecule has 0 N–H and O–H groups in total. The first-order valence-electron chi connectivity index (χ1n) is 18.1. The van der Waals surface area contributed by atoms with Gasteiger partial charge in [-0.3, -0.25) is 0 Å². The van der Waals surface area contributed by atoms with Crippen LogP contribution in [0.5, 0.6) is 0 Å². The summed E-state index contributed by atoms with van der Waals surface area (Å²) in [4.78, 5) is 11.2. The monoisotopic (exact) mass is 642 g/mol. The molecule has 4 heteroatoms. The Morgan fingerprint density at radius 3 is 0.646 bits per heavy atom. The first-order chi connectivity index (χ1) is 22.8. The Hall–Kier alpha value is -3.92. The minimum atomic E-state index is 0.0828. The van der Waals surface area contributed by atoms with Gasteiger partial charge < -0.3 is 19.6 Å². The third-order valence-corrected chi connectivity index (χ3v) is 10.8. The molecule has 0 radical (unpaired) electrons. The third-order valence-electron chi connectivity index (χ3n) is 10.8. The molecule has 2 fully saturated rings. The molecule has 48 heavy (non-hydrogen) atoms. The number of rotatable bonds is 5. The average molecular weight is 643 g/mol. The van der Waals surface area contributed by atoms with E-state index in [0.717, 1.165) is 39.0 Å². The molecule has 4 aromatic rings. The quantitative estimate of drug-likeness (QED) is 0.215. The van der Waals surface area contributed by atoms with Crippen molar-refractivity contribution in [2.24, 2.45) is 0 Å². The highest BCUT2D eigenvalue weighted by Gasteiger charge is 2.46. The van der Waals surface area contributed by atoms with Gasteiger partial charge in [0.1, 0.15) is 12.3 Å². The smallest absolute Gasteiger partial charge is 0.142 e. The summed E-state index contributed by atoms with van der Waals surface area (Å²) in [6.45, 7) is 31.7. The molecule has 0 saturated carbocycles. The van der Waals surface area contributed by atoms with E-state index in [1.54, 1.807) is 0 Å². The molecule has 0 aromatic heterocycles. The molecule has 0 spiro atoms. The summed E-state index contributed by atoms with van der Waals surface area (Å²) in [5, 5.41) is 0. The molecule has 2 aliphatic heterocycles. The van der Waals surface area contributed by atoms with Gasteiger partial charge in [0, 0.05) is 48.9 Å². The van der Waals surface area contributed by atoms with Crippen molar-refractivity contribution in [3.8, 4) is 0 Å². The van der Waals surface area contributed by atoms with Crippen LogP contribution >= 0.6 is 0 Å². The van der Waals surface area contributed by atoms with Gasteiger partial charge in [0.05, 0.1) is 0 Å². The molecule has 2 heterocycles. The maximum absolute atomic E-state index is 2.81. The molecule has 0 unspecified atom stereocenters. The van der Waals surface area contributed by atoms with Crippen molar-refractivity contribution in [1.29, 1.82) is 0 Å². The van der Waals surface area contributed by atoms with Crippen molar-refractivity contribution in [3.05, 3.63) is 115 Å². The second-order valence-corrected chi connectivity index (χ2v) is 15.3. The van der Waals surface area contributed by atoms with Crippen molar-refractivity contribution < 1.29 is 0 Å². The Morgan fingerprint density at radius 1 is 0.312 bits per heavy atom. The molecule has 6 rings (SSSR count). The van der Waals surface area contributed by atoms with E-state index in [1.165, 1.54) is 89.5 Å². The van der Waals surface area contributed by atoms with Gasteiger partial charge in [0.2, 0.25) is 0 Å². The first kappa shape index (κ1) is 34.0. The Kier molecular flexibility index (Phi) is 9.32. The van der Waals surface area contributed by atoms with Gasteiger partial charge in [-0.2, -0.15) is 0 Å². The Bertz CT molecular complexity index is 1490. The van der Waals surface area contributed by atoms with Gasteiger partial charge in [-0.1, -0.05) is 70.8 Å². The van der Waals surface area contributed by atoms with E-state index in [-0.39, 0.29) is 12.3 Å². The topological polar surface area (TPSA) is 13.0 Å². The molecule has 4 nitrogen and oxygen atoms in total. The largest absolute Gasteiger partial charge is 0.347 e. The van der Waals surface area contributed by atoms with Crippen LogP contribution in [0.25, 0.3) is 0 Å². The number of hydrogen-bond acceptors (Lipinski definition) is 4. The fourth-order valence-electron chi connectivity index (χ4n) is 9.81. The number of benzene rings is 4. The summed E-state index contributed by atoms with van der Waals surface area (Å²) in [6, 6.07) is 19.1. The van der Waals surface area contributed by atoms with E-state index in [9.17, 15) is 0 Å². The predicted octanol–water partition coefficient (Wildman–Crippen LogP) is 10.2. The molecule has 0 aliphatic carbocycles. The van der Waals surface area contributed by atoms with Crippen molar-refractivity contribution in [2.45, 2.75) is 108 Å². The van der Waals surface area contributed by atoms with Gasteiger partial charge in [-0.25, -0.2) is 0 Å². The minimum absolute atomic E-state index is 0.0828. The van der Waals surface area contributed by atoms with Crippen LogP contribution in [0.3, 0.4) is 0 Å². The zero-order chi connectivity index (χ0) is 34.6. The zero-order valence-electron chi connectivity index (χ0n) is 31.8.